The second-order valence-corrected chi connectivity index (χ2v) is 7.19. The van der Waals surface area contributed by atoms with Gasteiger partial charge in [0.25, 0.3) is 5.91 Å². The summed E-state index contributed by atoms with van der Waals surface area (Å²) in [4.78, 5) is 17.1. The van der Waals surface area contributed by atoms with Crippen LogP contribution in [-0.4, -0.2) is 51.6 Å². The van der Waals surface area contributed by atoms with E-state index in [1.807, 2.05) is 55.4 Å². The molecule has 144 valence electrons. The summed E-state index contributed by atoms with van der Waals surface area (Å²) >= 11 is 0. The predicted molar refractivity (Wildman–Crippen MR) is 110 cm³/mol. The number of benzene rings is 2. The van der Waals surface area contributed by atoms with Crippen molar-refractivity contribution in [3.05, 3.63) is 59.7 Å². The third-order valence-electron chi connectivity index (χ3n) is 5.16. The standard InChI is InChI=1S/C22H29N3O2/c1-24(2)19-11-9-17(10-12-19)22(26)23-16-21(25-13-4-5-14-25)18-7-6-8-20(15-18)27-3/h6-12,15,21H,4-5,13-14,16H2,1-3H3,(H,23,26). The van der Waals surface area contributed by atoms with E-state index in [1.165, 1.54) is 18.4 Å². The molecule has 1 saturated heterocycles. The molecular formula is C22H29N3O2. The normalized spacial score (nSPS) is 15.4. The lowest BCUT2D eigenvalue weighted by Crippen LogP contribution is -2.36. The number of hydrogen-bond acceptors (Lipinski definition) is 4. The van der Waals surface area contributed by atoms with Gasteiger partial charge in [-0.3, -0.25) is 9.69 Å². The van der Waals surface area contributed by atoms with Crippen molar-refractivity contribution in [2.45, 2.75) is 18.9 Å². The lowest BCUT2D eigenvalue weighted by molar-refractivity contribution is 0.0938. The smallest absolute Gasteiger partial charge is 0.251 e. The van der Waals surface area contributed by atoms with Crippen molar-refractivity contribution in [1.29, 1.82) is 0 Å². The molecule has 1 N–H and O–H groups in total. The first-order valence-corrected chi connectivity index (χ1v) is 9.52. The fourth-order valence-electron chi connectivity index (χ4n) is 3.56. The summed E-state index contributed by atoms with van der Waals surface area (Å²) < 4.78 is 5.38. The Morgan fingerprint density at radius 2 is 1.85 bits per heavy atom. The van der Waals surface area contributed by atoms with Gasteiger partial charge in [-0.1, -0.05) is 12.1 Å². The van der Waals surface area contributed by atoms with Crippen LogP contribution in [0.3, 0.4) is 0 Å². The number of rotatable bonds is 7. The largest absolute Gasteiger partial charge is 0.497 e. The lowest BCUT2D eigenvalue weighted by Gasteiger charge is -2.28. The van der Waals surface area contributed by atoms with Crippen molar-refractivity contribution in [2.75, 3.05) is 45.7 Å². The number of carbonyl (C=O) groups is 1. The maximum atomic E-state index is 12.6. The van der Waals surface area contributed by atoms with Gasteiger partial charge in [-0.25, -0.2) is 0 Å². The van der Waals surface area contributed by atoms with E-state index in [1.54, 1.807) is 7.11 Å². The quantitative estimate of drug-likeness (QED) is 0.815. The molecule has 0 bridgehead atoms. The lowest BCUT2D eigenvalue weighted by atomic mass is 10.0. The topological polar surface area (TPSA) is 44.8 Å². The van der Waals surface area contributed by atoms with E-state index < -0.39 is 0 Å². The van der Waals surface area contributed by atoms with Gasteiger partial charge < -0.3 is 15.0 Å². The Morgan fingerprint density at radius 3 is 2.48 bits per heavy atom. The zero-order valence-electron chi connectivity index (χ0n) is 16.4. The molecule has 2 aromatic rings. The van der Waals surface area contributed by atoms with Crippen molar-refractivity contribution in [2.24, 2.45) is 0 Å². The third-order valence-corrected chi connectivity index (χ3v) is 5.16. The van der Waals surface area contributed by atoms with Gasteiger partial charge in [0.15, 0.2) is 0 Å². The highest BCUT2D eigenvalue weighted by Crippen LogP contribution is 2.27. The Hall–Kier alpha value is -2.53. The van der Waals surface area contributed by atoms with Gasteiger partial charge in [0.05, 0.1) is 13.2 Å². The molecule has 2 aromatic carbocycles. The summed E-state index contributed by atoms with van der Waals surface area (Å²) in [6.45, 7) is 2.71. The van der Waals surface area contributed by atoms with Gasteiger partial charge in [-0.15, -0.1) is 0 Å². The van der Waals surface area contributed by atoms with Gasteiger partial charge in [0.2, 0.25) is 0 Å². The van der Waals surface area contributed by atoms with Gasteiger partial charge in [0.1, 0.15) is 5.75 Å². The number of amides is 1. The highest BCUT2D eigenvalue weighted by molar-refractivity contribution is 5.94. The zero-order valence-corrected chi connectivity index (χ0v) is 16.4. The summed E-state index contributed by atoms with van der Waals surface area (Å²) in [5.74, 6) is 0.815. The van der Waals surface area contributed by atoms with Crippen LogP contribution in [0, 0.1) is 0 Å². The summed E-state index contributed by atoms with van der Waals surface area (Å²) in [5, 5.41) is 3.13. The molecule has 1 heterocycles. The maximum Gasteiger partial charge on any atom is 0.251 e. The van der Waals surface area contributed by atoms with E-state index in [4.69, 9.17) is 4.74 Å². The van der Waals surface area contributed by atoms with E-state index >= 15 is 0 Å². The molecule has 0 radical (unpaired) electrons. The molecule has 0 spiro atoms. The Bertz CT molecular complexity index is 752. The first-order chi connectivity index (χ1) is 13.1. The van der Waals surface area contributed by atoms with Crippen LogP contribution >= 0.6 is 0 Å². The molecule has 1 amide bonds. The van der Waals surface area contributed by atoms with Crippen molar-refractivity contribution >= 4 is 11.6 Å². The molecule has 0 aliphatic carbocycles. The molecular weight excluding hydrogens is 338 g/mol. The van der Waals surface area contributed by atoms with E-state index in [0.717, 1.165) is 24.5 Å². The van der Waals surface area contributed by atoms with Crippen LogP contribution in [0.4, 0.5) is 5.69 Å². The van der Waals surface area contributed by atoms with Crippen LogP contribution in [0.1, 0.15) is 34.8 Å². The molecule has 1 fully saturated rings. The summed E-state index contributed by atoms with van der Waals surface area (Å²) in [6, 6.07) is 16.0. The van der Waals surface area contributed by atoms with Gasteiger partial charge >= 0.3 is 0 Å². The van der Waals surface area contributed by atoms with Crippen molar-refractivity contribution < 1.29 is 9.53 Å². The molecule has 0 saturated carbocycles. The van der Waals surface area contributed by atoms with Crippen molar-refractivity contribution in [3.63, 3.8) is 0 Å². The van der Waals surface area contributed by atoms with Crippen molar-refractivity contribution in [1.82, 2.24) is 10.2 Å². The van der Waals surface area contributed by atoms with E-state index in [-0.39, 0.29) is 11.9 Å². The highest BCUT2D eigenvalue weighted by atomic mass is 16.5. The third kappa shape index (κ3) is 4.80. The molecule has 0 aromatic heterocycles. The van der Waals surface area contributed by atoms with Crippen LogP contribution < -0.4 is 15.0 Å². The number of ether oxygens (including phenoxy) is 1. The molecule has 1 unspecified atom stereocenters. The SMILES string of the molecule is COc1cccc(C(CNC(=O)c2ccc(N(C)C)cc2)N2CCCC2)c1. The Labute approximate surface area is 161 Å². The number of likely N-dealkylation sites (tertiary alicyclic amines) is 1. The number of anilines is 1. The minimum atomic E-state index is -0.0348. The molecule has 27 heavy (non-hydrogen) atoms. The van der Waals surface area contributed by atoms with Gasteiger partial charge in [-0.05, 0) is 67.9 Å². The molecule has 1 atom stereocenters. The van der Waals surface area contributed by atoms with Gasteiger partial charge in [0, 0.05) is 31.9 Å². The number of carbonyl (C=O) groups excluding carboxylic acids is 1. The fourth-order valence-corrected chi connectivity index (χ4v) is 3.56. The number of hydrogen-bond donors (Lipinski definition) is 1. The van der Waals surface area contributed by atoms with Crippen molar-refractivity contribution in [3.8, 4) is 5.75 Å². The Kier molecular flexibility index (Phi) is 6.35. The average molecular weight is 367 g/mol. The second-order valence-electron chi connectivity index (χ2n) is 7.19. The van der Waals surface area contributed by atoms with Gasteiger partial charge in [-0.2, -0.15) is 0 Å². The van der Waals surface area contributed by atoms with Crippen LogP contribution in [-0.2, 0) is 0 Å². The number of nitrogens with one attached hydrogen (secondary N) is 1. The van der Waals surface area contributed by atoms with E-state index in [0.29, 0.717) is 12.1 Å². The second kappa shape index (κ2) is 8.91. The van der Waals surface area contributed by atoms with Crippen LogP contribution in [0.2, 0.25) is 0 Å². The first-order valence-electron chi connectivity index (χ1n) is 9.52. The van der Waals surface area contributed by atoms with Crippen LogP contribution in [0.15, 0.2) is 48.5 Å². The zero-order chi connectivity index (χ0) is 19.2. The number of nitrogens with zero attached hydrogens (tertiary/aromatic N) is 2. The van der Waals surface area contributed by atoms with E-state index in [2.05, 4.69) is 22.3 Å². The monoisotopic (exact) mass is 367 g/mol. The molecule has 5 heteroatoms. The molecule has 5 nitrogen and oxygen atoms in total. The molecule has 3 rings (SSSR count). The van der Waals surface area contributed by atoms with Crippen LogP contribution in [0.5, 0.6) is 5.75 Å². The molecule has 1 aliphatic heterocycles. The average Bonchev–Trinajstić information content (AvgIpc) is 3.22. The summed E-state index contributed by atoms with van der Waals surface area (Å²) in [5.41, 5.74) is 2.95. The Morgan fingerprint density at radius 1 is 1.15 bits per heavy atom. The predicted octanol–water partition coefficient (Wildman–Crippen LogP) is 3.33. The summed E-state index contributed by atoms with van der Waals surface area (Å²) in [7, 11) is 5.66. The minimum absolute atomic E-state index is 0.0348. The Balaban J connectivity index is 1.71. The fraction of sp³-hybridized carbons (Fsp3) is 0.409. The molecule has 1 aliphatic rings. The first kappa shape index (κ1) is 19.2. The maximum absolute atomic E-state index is 12.6. The summed E-state index contributed by atoms with van der Waals surface area (Å²) in [6.07, 6.45) is 2.42. The van der Waals surface area contributed by atoms with Crippen LogP contribution in [0.25, 0.3) is 0 Å². The minimum Gasteiger partial charge on any atom is -0.497 e. The van der Waals surface area contributed by atoms with E-state index in [9.17, 15) is 4.79 Å². The highest BCUT2D eigenvalue weighted by Gasteiger charge is 2.24. The number of methoxy groups -OCH3 is 1.